The van der Waals surface area contributed by atoms with Crippen LogP contribution in [0.2, 0.25) is 0 Å². The van der Waals surface area contributed by atoms with Gasteiger partial charge in [0, 0.05) is 5.92 Å². The Hall–Kier alpha value is -1.10. The highest BCUT2D eigenvalue weighted by Gasteiger charge is 2.33. The van der Waals surface area contributed by atoms with Gasteiger partial charge in [0.1, 0.15) is 5.82 Å². The molecule has 0 spiro atoms. The summed E-state index contributed by atoms with van der Waals surface area (Å²) in [4.78, 5) is 0. The molecule has 0 radical (unpaired) electrons. The van der Waals surface area contributed by atoms with Crippen molar-refractivity contribution >= 4 is 0 Å². The zero-order valence-electron chi connectivity index (χ0n) is 9.67. The summed E-state index contributed by atoms with van der Waals surface area (Å²) >= 11 is 0. The molecule has 100 valence electrons. The highest BCUT2D eigenvalue weighted by atomic mass is 19.4. The average Bonchev–Trinajstić information content (AvgIpc) is 2.27. The van der Waals surface area contributed by atoms with Gasteiger partial charge in [-0.05, 0) is 36.6 Å². The average molecular weight is 262 g/mol. The van der Waals surface area contributed by atoms with Crippen molar-refractivity contribution in [2.45, 2.75) is 43.9 Å². The molecule has 1 aliphatic rings. The van der Waals surface area contributed by atoms with Gasteiger partial charge in [0.2, 0.25) is 0 Å². The summed E-state index contributed by atoms with van der Waals surface area (Å²) in [5, 5.41) is 9.80. The SMILES string of the molecule is O[C@@H]1CCCC[C@@H]1c1cc(F)cc(C(F)(F)F)c1. The lowest BCUT2D eigenvalue weighted by atomic mass is 9.81. The second-order valence-corrected chi connectivity index (χ2v) is 4.73. The number of aliphatic hydroxyl groups excluding tert-OH is 1. The fourth-order valence-electron chi connectivity index (χ4n) is 2.49. The molecule has 0 unspecified atom stereocenters. The van der Waals surface area contributed by atoms with Crippen molar-refractivity contribution in [1.29, 1.82) is 0 Å². The molecule has 1 aromatic carbocycles. The van der Waals surface area contributed by atoms with Crippen LogP contribution in [0.3, 0.4) is 0 Å². The van der Waals surface area contributed by atoms with Gasteiger partial charge in [-0.25, -0.2) is 4.39 Å². The molecular weight excluding hydrogens is 248 g/mol. The molecule has 0 aromatic heterocycles. The minimum atomic E-state index is -4.56. The predicted molar refractivity (Wildman–Crippen MR) is 58.6 cm³/mol. The smallest absolute Gasteiger partial charge is 0.392 e. The Morgan fingerprint density at radius 3 is 2.33 bits per heavy atom. The number of alkyl halides is 3. The van der Waals surface area contributed by atoms with E-state index in [1.165, 1.54) is 0 Å². The zero-order chi connectivity index (χ0) is 13.3. The number of benzene rings is 1. The lowest BCUT2D eigenvalue weighted by molar-refractivity contribution is -0.137. The third kappa shape index (κ3) is 2.83. The monoisotopic (exact) mass is 262 g/mol. The molecule has 0 saturated heterocycles. The molecule has 18 heavy (non-hydrogen) atoms. The van der Waals surface area contributed by atoms with Crippen molar-refractivity contribution in [3.8, 4) is 0 Å². The molecule has 0 heterocycles. The second kappa shape index (κ2) is 4.88. The van der Waals surface area contributed by atoms with Crippen LogP contribution in [0.4, 0.5) is 17.6 Å². The van der Waals surface area contributed by atoms with Crippen LogP contribution in [0.5, 0.6) is 0 Å². The standard InChI is InChI=1S/C13H14F4O/c14-10-6-8(5-9(7-10)13(15,16)17)11-3-1-2-4-12(11)18/h5-7,11-12,18H,1-4H2/t11-,12-/m1/s1. The zero-order valence-corrected chi connectivity index (χ0v) is 9.67. The predicted octanol–water partition coefficient (Wildman–Crippen LogP) is 3.86. The van der Waals surface area contributed by atoms with Crippen molar-refractivity contribution in [3.63, 3.8) is 0 Å². The molecule has 1 saturated carbocycles. The Morgan fingerprint density at radius 2 is 1.72 bits per heavy atom. The van der Waals surface area contributed by atoms with E-state index in [-0.39, 0.29) is 5.56 Å². The molecule has 1 aliphatic carbocycles. The number of halogens is 4. The van der Waals surface area contributed by atoms with Crippen LogP contribution in [0.25, 0.3) is 0 Å². The fraction of sp³-hybridized carbons (Fsp3) is 0.538. The Bertz CT molecular complexity index is 427. The summed E-state index contributed by atoms with van der Waals surface area (Å²) in [5.41, 5.74) is -0.746. The molecule has 1 fully saturated rings. The van der Waals surface area contributed by atoms with Gasteiger partial charge in [-0.3, -0.25) is 0 Å². The van der Waals surface area contributed by atoms with Crippen LogP contribution in [0.1, 0.15) is 42.7 Å². The van der Waals surface area contributed by atoms with Crippen molar-refractivity contribution in [3.05, 3.63) is 35.1 Å². The minimum absolute atomic E-state index is 0.245. The molecule has 0 bridgehead atoms. The maximum Gasteiger partial charge on any atom is 0.416 e. The highest BCUT2D eigenvalue weighted by Crippen LogP contribution is 2.37. The van der Waals surface area contributed by atoms with E-state index in [9.17, 15) is 22.7 Å². The largest absolute Gasteiger partial charge is 0.416 e. The second-order valence-electron chi connectivity index (χ2n) is 4.73. The number of rotatable bonds is 1. The molecule has 1 aromatic rings. The van der Waals surface area contributed by atoms with Crippen LogP contribution < -0.4 is 0 Å². The normalized spacial score (nSPS) is 25.2. The topological polar surface area (TPSA) is 20.2 Å². The summed E-state index contributed by atoms with van der Waals surface area (Å²) in [7, 11) is 0. The van der Waals surface area contributed by atoms with Gasteiger partial charge < -0.3 is 5.11 Å². The van der Waals surface area contributed by atoms with E-state index in [2.05, 4.69) is 0 Å². The molecule has 0 amide bonds. The first-order chi connectivity index (χ1) is 8.38. The van der Waals surface area contributed by atoms with Crippen LogP contribution in [0, 0.1) is 5.82 Å². The summed E-state index contributed by atoms with van der Waals surface area (Å²) in [6.07, 6.45) is -2.37. The van der Waals surface area contributed by atoms with Crippen LogP contribution in [0.15, 0.2) is 18.2 Å². The summed E-state index contributed by atoms with van der Waals surface area (Å²) < 4.78 is 51.0. The van der Waals surface area contributed by atoms with E-state index in [0.29, 0.717) is 18.9 Å². The Kier molecular flexibility index (Phi) is 3.61. The molecule has 2 atom stereocenters. The van der Waals surface area contributed by atoms with E-state index in [4.69, 9.17) is 0 Å². The quantitative estimate of drug-likeness (QED) is 0.762. The van der Waals surface area contributed by atoms with Crippen LogP contribution in [-0.4, -0.2) is 11.2 Å². The summed E-state index contributed by atoms with van der Waals surface area (Å²) in [5.74, 6) is -1.30. The van der Waals surface area contributed by atoms with Gasteiger partial charge in [0.15, 0.2) is 0 Å². The first-order valence-corrected chi connectivity index (χ1v) is 5.93. The van der Waals surface area contributed by atoms with E-state index in [1.54, 1.807) is 0 Å². The Balaban J connectivity index is 2.35. The fourth-order valence-corrected chi connectivity index (χ4v) is 2.49. The van der Waals surface area contributed by atoms with Crippen LogP contribution >= 0.6 is 0 Å². The third-order valence-corrected chi connectivity index (χ3v) is 3.41. The molecule has 2 rings (SSSR count). The first kappa shape index (κ1) is 13.3. The third-order valence-electron chi connectivity index (χ3n) is 3.41. The Morgan fingerprint density at radius 1 is 1.06 bits per heavy atom. The maximum atomic E-state index is 13.3. The molecule has 1 N–H and O–H groups in total. The molecule has 5 heteroatoms. The van der Waals surface area contributed by atoms with Crippen molar-refractivity contribution < 1.29 is 22.7 Å². The molecular formula is C13H14F4O. The van der Waals surface area contributed by atoms with Gasteiger partial charge in [-0.1, -0.05) is 12.8 Å². The molecule has 1 nitrogen and oxygen atoms in total. The van der Waals surface area contributed by atoms with E-state index in [1.807, 2.05) is 0 Å². The van der Waals surface area contributed by atoms with Gasteiger partial charge in [0.25, 0.3) is 0 Å². The number of hydrogen-bond donors (Lipinski definition) is 1. The maximum absolute atomic E-state index is 13.3. The minimum Gasteiger partial charge on any atom is -0.392 e. The van der Waals surface area contributed by atoms with Crippen molar-refractivity contribution in [2.24, 2.45) is 0 Å². The van der Waals surface area contributed by atoms with Gasteiger partial charge >= 0.3 is 6.18 Å². The summed E-state index contributed by atoms with van der Waals surface area (Å²) in [6.45, 7) is 0. The Labute approximate surface area is 102 Å². The van der Waals surface area contributed by atoms with E-state index in [0.717, 1.165) is 25.0 Å². The lowest BCUT2D eigenvalue weighted by Crippen LogP contribution is -2.23. The van der Waals surface area contributed by atoms with Gasteiger partial charge in [-0.15, -0.1) is 0 Å². The number of hydrogen-bond acceptors (Lipinski definition) is 1. The van der Waals surface area contributed by atoms with Crippen LogP contribution in [-0.2, 0) is 6.18 Å². The van der Waals surface area contributed by atoms with Gasteiger partial charge in [-0.2, -0.15) is 13.2 Å². The van der Waals surface area contributed by atoms with E-state index < -0.39 is 29.6 Å². The van der Waals surface area contributed by atoms with Crippen molar-refractivity contribution in [1.82, 2.24) is 0 Å². The first-order valence-electron chi connectivity index (χ1n) is 5.93. The van der Waals surface area contributed by atoms with Crippen molar-refractivity contribution in [2.75, 3.05) is 0 Å². The summed E-state index contributed by atoms with van der Waals surface area (Å²) in [6, 6.07) is 2.52. The highest BCUT2D eigenvalue weighted by molar-refractivity contribution is 5.30. The molecule has 0 aliphatic heterocycles. The number of aliphatic hydroxyl groups is 1. The lowest BCUT2D eigenvalue weighted by Gasteiger charge is -2.28. The van der Waals surface area contributed by atoms with Gasteiger partial charge in [0.05, 0.1) is 11.7 Å². The van der Waals surface area contributed by atoms with E-state index >= 15 is 0 Å².